The molecule has 196 valence electrons. The maximum atomic E-state index is 13.8. The van der Waals surface area contributed by atoms with Crippen LogP contribution in [0.2, 0.25) is 5.02 Å². The molecule has 0 bridgehead atoms. The highest BCUT2D eigenvalue weighted by atomic mass is 35.5. The quantitative estimate of drug-likeness (QED) is 0.361. The molecule has 0 aromatic heterocycles. The molecule has 1 amide bonds. The molecule has 37 heavy (non-hydrogen) atoms. The molecule has 0 heterocycles. The third-order valence-electron chi connectivity index (χ3n) is 6.82. The van der Waals surface area contributed by atoms with E-state index in [0.29, 0.717) is 17.2 Å². The number of hydrogen-bond acceptors (Lipinski definition) is 4. The summed E-state index contributed by atoms with van der Waals surface area (Å²) < 4.78 is 34.1. The first kappa shape index (κ1) is 27.0. The van der Waals surface area contributed by atoms with Crippen molar-refractivity contribution in [1.82, 2.24) is 5.32 Å². The van der Waals surface area contributed by atoms with Crippen molar-refractivity contribution in [2.24, 2.45) is 0 Å². The molecular formula is C29H33ClN2O4S. The Hall–Kier alpha value is -3.03. The van der Waals surface area contributed by atoms with Gasteiger partial charge >= 0.3 is 0 Å². The minimum absolute atomic E-state index is 0.0784. The van der Waals surface area contributed by atoms with Crippen LogP contribution in [-0.4, -0.2) is 28.0 Å². The molecule has 1 N–H and O–H groups in total. The van der Waals surface area contributed by atoms with Crippen LogP contribution in [0.1, 0.15) is 54.5 Å². The number of ether oxygens (including phenoxy) is 1. The van der Waals surface area contributed by atoms with Crippen LogP contribution >= 0.6 is 11.6 Å². The molecule has 0 saturated carbocycles. The molecule has 0 radical (unpaired) electrons. The van der Waals surface area contributed by atoms with Gasteiger partial charge in [0.2, 0.25) is 5.91 Å². The number of carbonyl (C=O) groups is 1. The van der Waals surface area contributed by atoms with Crippen molar-refractivity contribution in [2.75, 3.05) is 18.0 Å². The molecule has 4 rings (SSSR count). The lowest BCUT2D eigenvalue weighted by atomic mass is 9.89. The lowest BCUT2D eigenvalue weighted by Gasteiger charge is -2.27. The van der Waals surface area contributed by atoms with E-state index in [1.807, 2.05) is 13.8 Å². The molecule has 1 aliphatic carbocycles. The second kappa shape index (κ2) is 11.6. The Morgan fingerprint density at radius 3 is 2.41 bits per heavy atom. The van der Waals surface area contributed by atoms with Crippen LogP contribution in [0.15, 0.2) is 65.6 Å². The van der Waals surface area contributed by atoms with E-state index in [4.69, 9.17) is 16.3 Å². The predicted molar refractivity (Wildman–Crippen MR) is 148 cm³/mol. The number of nitrogens with one attached hydrogen (secondary N) is 1. The monoisotopic (exact) mass is 540 g/mol. The summed E-state index contributed by atoms with van der Waals surface area (Å²) in [5.74, 6) is -0.114. The average Bonchev–Trinajstić information content (AvgIpc) is 2.90. The van der Waals surface area contributed by atoms with Crippen molar-refractivity contribution in [2.45, 2.75) is 56.9 Å². The fraction of sp³-hybridized carbons (Fsp3) is 0.345. The van der Waals surface area contributed by atoms with E-state index in [2.05, 4.69) is 23.5 Å². The van der Waals surface area contributed by atoms with Gasteiger partial charge in [0.1, 0.15) is 12.3 Å². The molecular weight excluding hydrogens is 508 g/mol. The first-order valence-electron chi connectivity index (χ1n) is 12.6. The van der Waals surface area contributed by atoms with Crippen LogP contribution in [0.4, 0.5) is 5.69 Å². The lowest BCUT2D eigenvalue weighted by Crippen LogP contribution is -2.42. The highest BCUT2D eigenvalue weighted by Gasteiger charge is 2.30. The van der Waals surface area contributed by atoms with Gasteiger partial charge in [-0.05, 0) is 86.1 Å². The number of carbonyl (C=O) groups excluding carboxylic acids is 1. The van der Waals surface area contributed by atoms with Gasteiger partial charge in [0.25, 0.3) is 10.0 Å². The van der Waals surface area contributed by atoms with Crippen LogP contribution in [0, 0.1) is 6.92 Å². The van der Waals surface area contributed by atoms with Crippen LogP contribution in [0.25, 0.3) is 0 Å². The molecule has 8 heteroatoms. The van der Waals surface area contributed by atoms with Crippen molar-refractivity contribution in [1.29, 1.82) is 0 Å². The smallest absolute Gasteiger partial charge is 0.264 e. The Morgan fingerprint density at radius 1 is 1.03 bits per heavy atom. The third-order valence-corrected chi connectivity index (χ3v) is 8.83. The number of rotatable bonds is 9. The standard InChI is InChI=1S/C29H33ClN2O4S/c1-4-26(23-12-11-21-7-5-6-8-22(21)17-23)31-29(33)19-32(27-18-24(30)13-16-28(27)36-3)37(34,35)25-14-9-20(2)10-15-25/h9-18,26H,4-8,19H2,1-3H3,(H,31,33)/t26-/m0/s1. The van der Waals surface area contributed by atoms with Crippen molar-refractivity contribution >= 4 is 33.2 Å². The van der Waals surface area contributed by atoms with Gasteiger partial charge in [-0.15, -0.1) is 0 Å². The summed E-state index contributed by atoms with van der Waals surface area (Å²) in [5.41, 5.74) is 4.88. The normalized spacial score (nSPS) is 13.9. The van der Waals surface area contributed by atoms with E-state index in [1.54, 1.807) is 24.3 Å². The van der Waals surface area contributed by atoms with Gasteiger partial charge in [-0.1, -0.05) is 54.4 Å². The van der Waals surface area contributed by atoms with Gasteiger partial charge < -0.3 is 10.1 Å². The fourth-order valence-electron chi connectivity index (χ4n) is 4.76. The lowest BCUT2D eigenvalue weighted by molar-refractivity contribution is -0.120. The highest BCUT2D eigenvalue weighted by molar-refractivity contribution is 7.92. The van der Waals surface area contributed by atoms with Crippen LogP contribution in [0.5, 0.6) is 5.75 Å². The van der Waals surface area contributed by atoms with E-state index in [-0.39, 0.29) is 16.6 Å². The zero-order valence-corrected chi connectivity index (χ0v) is 23.0. The second-order valence-corrected chi connectivity index (χ2v) is 11.7. The number of hydrogen-bond donors (Lipinski definition) is 1. The average molecular weight is 541 g/mol. The van der Waals surface area contributed by atoms with Gasteiger partial charge in [-0.2, -0.15) is 0 Å². The highest BCUT2D eigenvalue weighted by Crippen LogP contribution is 2.35. The Bertz CT molecular complexity index is 1370. The molecule has 0 unspecified atom stereocenters. The van der Waals surface area contributed by atoms with Gasteiger partial charge in [0, 0.05) is 5.02 Å². The summed E-state index contributed by atoms with van der Waals surface area (Å²) in [6.07, 6.45) is 5.19. The number of benzene rings is 3. The number of sulfonamides is 1. The maximum absolute atomic E-state index is 13.8. The fourth-order valence-corrected chi connectivity index (χ4v) is 6.35. The molecule has 1 atom stereocenters. The number of methoxy groups -OCH3 is 1. The molecule has 3 aromatic rings. The third kappa shape index (κ3) is 6.11. The van der Waals surface area contributed by atoms with Crippen LogP contribution in [0.3, 0.4) is 0 Å². The summed E-state index contributed by atoms with van der Waals surface area (Å²) in [6, 6.07) is 17.4. The van der Waals surface area contributed by atoms with Gasteiger partial charge in [-0.3, -0.25) is 9.10 Å². The minimum atomic E-state index is -4.10. The summed E-state index contributed by atoms with van der Waals surface area (Å²) in [5, 5.41) is 3.39. The van der Waals surface area contributed by atoms with Crippen molar-refractivity contribution in [3.05, 3.63) is 87.9 Å². The number of anilines is 1. The Balaban J connectivity index is 1.65. The Labute approximate surface area is 224 Å². The van der Waals surface area contributed by atoms with Gasteiger partial charge in [0.15, 0.2) is 0 Å². The van der Waals surface area contributed by atoms with Crippen molar-refractivity contribution in [3.63, 3.8) is 0 Å². The number of fused-ring (bicyclic) bond motifs is 1. The molecule has 1 aliphatic rings. The Morgan fingerprint density at radius 2 is 1.73 bits per heavy atom. The summed E-state index contributed by atoms with van der Waals surface area (Å²) in [7, 11) is -2.65. The molecule has 0 saturated heterocycles. The second-order valence-electron chi connectivity index (χ2n) is 9.40. The summed E-state index contributed by atoms with van der Waals surface area (Å²) in [6.45, 7) is 3.47. The summed E-state index contributed by atoms with van der Waals surface area (Å²) >= 11 is 6.24. The van der Waals surface area contributed by atoms with E-state index in [1.165, 1.54) is 49.3 Å². The van der Waals surface area contributed by atoms with E-state index in [9.17, 15) is 13.2 Å². The largest absolute Gasteiger partial charge is 0.495 e. The van der Waals surface area contributed by atoms with E-state index < -0.39 is 22.5 Å². The molecule has 6 nitrogen and oxygen atoms in total. The van der Waals surface area contributed by atoms with Crippen LogP contribution in [-0.2, 0) is 27.7 Å². The van der Waals surface area contributed by atoms with Crippen LogP contribution < -0.4 is 14.4 Å². The van der Waals surface area contributed by atoms with E-state index in [0.717, 1.165) is 28.3 Å². The first-order valence-corrected chi connectivity index (χ1v) is 14.4. The van der Waals surface area contributed by atoms with Gasteiger partial charge in [0.05, 0.1) is 23.7 Å². The molecule has 0 spiro atoms. The first-order chi connectivity index (χ1) is 17.7. The Kier molecular flexibility index (Phi) is 8.45. The number of aryl methyl sites for hydroxylation is 3. The number of nitrogens with zero attached hydrogens (tertiary/aromatic N) is 1. The topological polar surface area (TPSA) is 75.7 Å². The molecule has 0 fully saturated rings. The predicted octanol–water partition coefficient (Wildman–Crippen LogP) is 6.00. The van der Waals surface area contributed by atoms with Gasteiger partial charge in [-0.25, -0.2) is 8.42 Å². The maximum Gasteiger partial charge on any atom is 0.264 e. The molecule has 0 aliphatic heterocycles. The zero-order valence-electron chi connectivity index (χ0n) is 21.5. The SMILES string of the molecule is CC[C@H](NC(=O)CN(c1cc(Cl)ccc1OC)S(=O)(=O)c1ccc(C)cc1)c1ccc2c(c1)CCCC2. The van der Waals surface area contributed by atoms with Crippen molar-refractivity contribution in [3.8, 4) is 5.75 Å². The van der Waals surface area contributed by atoms with Crippen molar-refractivity contribution < 1.29 is 17.9 Å². The number of amides is 1. The molecule has 3 aromatic carbocycles. The summed E-state index contributed by atoms with van der Waals surface area (Å²) in [4.78, 5) is 13.5. The number of halogens is 1. The zero-order chi connectivity index (χ0) is 26.6. The van der Waals surface area contributed by atoms with E-state index >= 15 is 0 Å². The minimum Gasteiger partial charge on any atom is -0.495 e.